The third kappa shape index (κ3) is 3.69. The van der Waals surface area contributed by atoms with E-state index in [9.17, 15) is 8.42 Å². The lowest BCUT2D eigenvalue weighted by Crippen LogP contribution is -2.45. The average Bonchev–Trinajstić information content (AvgIpc) is 2.39. The Morgan fingerprint density at radius 2 is 1.84 bits per heavy atom. The zero-order valence-electron chi connectivity index (χ0n) is 10.8. The quantitative estimate of drug-likeness (QED) is 0.930. The molecule has 1 saturated carbocycles. The second-order valence-electron chi connectivity index (χ2n) is 4.74. The molecular formula is C13H18ClNO3S. The summed E-state index contributed by atoms with van der Waals surface area (Å²) in [6, 6.07) is 6.01. The Labute approximate surface area is 119 Å². The Kier molecular flexibility index (Phi) is 4.84. The van der Waals surface area contributed by atoms with Crippen molar-refractivity contribution in [2.75, 3.05) is 7.11 Å². The lowest BCUT2D eigenvalue weighted by molar-refractivity contribution is 0.0493. The van der Waals surface area contributed by atoms with Gasteiger partial charge >= 0.3 is 0 Å². The minimum absolute atomic E-state index is 0.0455. The van der Waals surface area contributed by atoms with Gasteiger partial charge in [-0.15, -0.1) is 0 Å². The van der Waals surface area contributed by atoms with Crippen LogP contribution >= 0.6 is 11.6 Å². The molecule has 1 aromatic rings. The second kappa shape index (κ2) is 6.22. The van der Waals surface area contributed by atoms with Crippen LogP contribution in [0.15, 0.2) is 29.2 Å². The molecule has 0 unspecified atom stereocenters. The molecule has 0 radical (unpaired) electrons. The van der Waals surface area contributed by atoms with Crippen LogP contribution in [0.1, 0.15) is 25.7 Å². The van der Waals surface area contributed by atoms with Crippen molar-refractivity contribution in [3.8, 4) is 0 Å². The van der Waals surface area contributed by atoms with Gasteiger partial charge in [-0.3, -0.25) is 0 Å². The summed E-state index contributed by atoms with van der Waals surface area (Å²) in [5.41, 5.74) is 0. The van der Waals surface area contributed by atoms with Crippen LogP contribution < -0.4 is 4.72 Å². The van der Waals surface area contributed by atoms with Crippen LogP contribution in [-0.2, 0) is 14.8 Å². The fourth-order valence-corrected chi connectivity index (χ4v) is 3.82. The van der Waals surface area contributed by atoms with Crippen molar-refractivity contribution in [3.63, 3.8) is 0 Å². The molecule has 0 bridgehead atoms. The van der Waals surface area contributed by atoms with Crippen LogP contribution in [0.4, 0.5) is 0 Å². The number of hydrogen-bond donors (Lipinski definition) is 1. The maximum Gasteiger partial charge on any atom is 0.240 e. The largest absolute Gasteiger partial charge is 0.380 e. The van der Waals surface area contributed by atoms with E-state index in [4.69, 9.17) is 16.3 Å². The Bertz CT molecular complexity index is 515. The zero-order chi connectivity index (χ0) is 13.9. The van der Waals surface area contributed by atoms with Crippen LogP contribution in [0.25, 0.3) is 0 Å². The molecule has 2 rings (SSSR count). The highest BCUT2D eigenvalue weighted by molar-refractivity contribution is 7.89. The first kappa shape index (κ1) is 14.8. The van der Waals surface area contributed by atoms with Crippen molar-refractivity contribution in [1.82, 2.24) is 4.72 Å². The molecule has 1 fully saturated rings. The van der Waals surface area contributed by atoms with Crippen molar-refractivity contribution in [2.45, 2.75) is 42.7 Å². The summed E-state index contributed by atoms with van der Waals surface area (Å²) in [6.07, 6.45) is 3.76. The molecule has 4 nitrogen and oxygen atoms in total. The molecule has 0 amide bonds. The molecule has 0 spiro atoms. The van der Waals surface area contributed by atoms with E-state index in [-0.39, 0.29) is 17.0 Å². The first-order valence-electron chi connectivity index (χ1n) is 6.33. The Balaban J connectivity index is 2.14. The number of nitrogens with one attached hydrogen (secondary N) is 1. The number of halogens is 1. The Morgan fingerprint density at radius 1 is 1.21 bits per heavy atom. The molecule has 2 atom stereocenters. The molecule has 1 aromatic carbocycles. The van der Waals surface area contributed by atoms with Crippen molar-refractivity contribution in [2.24, 2.45) is 0 Å². The third-order valence-electron chi connectivity index (χ3n) is 3.44. The van der Waals surface area contributed by atoms with Gasteiger partial charge in [-0.1, -0.05) is 24.4 Å². The van der Waals surface area contributed by atoms with Crippen molar-refractivity contribution in [1.29, 1.82) is 0 Å². The number of hydrogen-bond acceptors (Lipinski definition) is 3. The smallest absolute Gasteiger partial charge is 0.240 e. The summed E-state index contributed by atoms with van der Waals surface area (Å²) in [5, 5.41) is 0.520. The first-order valence-corrected chi connectivity index (χ1v) is 8.20. The summed E-state index contributed by atoms with van der Waals surface area (Å²) in [4.78, 5) is 0.234. The van der Waals surface area contributed by atoms with Crippen molar-refractivity contribution >= 4 is 21.6 Å². The van der Waals surface area contributed by atoms with E-state index in [1.54, 1.807) is 19.2 Å². The molecule has 106 valence electrons. The highest BCUT2D eigenvalue weighted by Crippen LogP contribution is 2.23. The number of rotatable bonds is 4. The van der Waals surface area contributed by atoms with Crippen LogP contribution in [0.5, 0.6) is 0 Å². The molecule has 6 heteroatoms. The van der Waals surface area contributed by atoms with Gasteiger partial charge < -0.3 is 4.74 Å². The molecule has 0 heterocycles. The van der Waals surface area contributed by atoms with Gasteiger partial charge in [0.1, 0.15) is 0 Å². The lowest BCUT2D eigenvalue weighted by atomic mass is 9.93. The highest BCUT2D eigenvalue weighted by Gasteiger charge is 2.29. The minimum Gasteiger partial charge on any atom is -0.380 e. The van der Waals surface area contributed by atoms with Gasteiger partial charge in [-0.05, 0) is 37.1 Å². The Hall–Kier alpha value is -0.620. The van der Waals surface area contributed by atoms with Crippen LogP contribution in [0.3, 0.4) is 0 Å². The normalized spacial score (nSPS) is 24.3. The first-order chi connectivity index (χ1) is 9.03. The molecule has 0 saturated heterocycles. The molecule has 1 aliphatic carbocycles. The molecule has 0 aliphatic heterocycles. The predicted molar refractivity (Wildman–Crippen MR) is 74.8 cm³/mol. The van der Waals surface area contributed by atoms with E-state index in [0.29, 0.717) is 5.02 Å². The Morgan fingerprint density at radius 3 is 2.47 bits per heavy atom. The summed E-state index contributed by atoms with van der Waals surface area (Å²) < 4.78 is 32.6. The predicted octanol–water partition coefficient (Wildman–Crippen LogP) is 2.58. The average molecular weight is 304 g/mol. The minimum atomic E-state index is -3.51. The van der Waals surface area contributed by atoms with Crippen molar-refractivity contribution < 1.29 is 13.2 Å². The fourth-order valence-electron chi connectivity index (χ4n) is 2.39. The number of ether oxygens (including phenoxy) is 1. The van der Waals surface area contributed by atoms with Crippen LogP contribution in [-0.4, -0.2) is 27.7 Å². The van der Waals surface area contributed by atoms with Crippen LogP contribution in [0, 0.1) is 0 Å². The van der Waals surface area contributed by atoms with Gasteiger partial charge in [-0.2, -0.15) is 0 Å². The SMILES string of the molecule is CO[C@@H]1CCCC[C@@H]1NS(=O)(=O)c1ccc(Cl)cc1. The molecule has 0 aromatic heterocycles. The number of sulfonamides is 1. The number of benzene rings is 1. The topological polar surface area (TPSA) is 55.4 Å². The zero-order valence-corrected chi connectivity index (χ0v) is 12.4. The van der Waals surface area contributed by atoms with E-state index in [1.807, 2.05) is 0 Å². The standard InChI is InChI=1S/C13H18ClNO3S/c1-18-13-5-3-2-4-12(13)15-19(16,17)11-8-6-10(14)7-9-11/h6-9,12-13,15H,2-5H2,1H3/t12-,13+/m0/s1. The fraction of sp³-hybridized carbons (Fsp3) is 0.538. The molecule has 1 N–H and O–H groups in total. The van der Waals surface area contributed by atoms with E-state index in [0.717, 1.165) is 25.7 Å². The summed E-state index contributed by atoms with van der Waals surface area (Å²) in [7, 11) is -1.88. The maximum absolute atomic E-state index is 12.3. The van der Waals surface area contributed by atoms with E-state index in [1.165, 1.54) is 12.1 Å². The number of methoxy groups -OCH3 is 1. The van der Waals surface area contributed by atoms with Gasteiger partial charge in [0.05, 0.1) is 11.0 Å². The van der Waals surface area contributed by atoms with Gasteiger partial charge in [0, 0.05) is 18.2 Å². The van der Waals surface area contributed by atoms with E-state index in [2.05, 4.69) is 4.72 Å². The summed E-state index contributed by atoms with van der Waals surface area (Å²) >= 11 is 5.76. The van der Waals surface area contributed by atoms with Crippen molar-refractivity contribution in [3.05, 3.63) is 29.3 Å². The maximum atomic E-state index is 12.3. The molecule has 19 heavy (non-hydrogen) atoms. The molecular weight excluding hydrogens is 286 g/mol. The highest BCUT2D eigenvalue weighted by atomic mass is 35.5. The summed E-state index contributed by atoms with van der Waals surface area (Å²) in [6.45, 7) is 0. The second-order valence-corrected chi connectivity index (χ2v) is 6.89. The summed E-state index contributed by atoms with van der Waals surface area (Å²) in [5.74, 6) is 0. The molecule has 1 aliphatic rings. The van der Waals surface area contributed by atoms with Crippen LogP contribution in [0.2, 0.25) is 5.02 Å². The monoisotopic (exact) mass is 303 g/mol. The van der Waals surface area contributed by atoms with Gasteiger partial charge in [-0.25, -0.2) is 13.1 Å². The lowest BCUT2D eigenvalue weighted by Gasteiger charge is -2.30. The van der Waals surface area contributed by atoms with Gasteiger partial charge in [0.25, 0.3) is 0 Å². The van der Waals surface area contributed by atoms with E-state index >= 15 is 0 Å². The van der Waals surface area contributed by atoms with Gasteiger partial charge in [0.2, 0.25) is 10.0 Å². The van der Waals surface area contributed by atoms with Gasteiger partial charge in [0.15, 0.2) is 0 Å². The third-order valence-corrected chi connectivity index (χ3v) is 5.19. The van der Waals surface area contributed by atoms with E-state index < -0.39 is 10.0 Å².